The van der Waals surface area contributed by atoms with Crippen LogP contribution in [0.2, 0.25) is 5.02 Å². The molecule has 0 aliphatic rings. The van der Waals surface area contributed by atoms with Crippen molar-refractivity contribution in [1.29, 1.82) is 0 Å². The number of carbonyl (C=O) groups is 1. The van der Waals surface area contributed by atoms with Gasteiger partial charge in [-0.2, -0.15) is 0 Å². The fraction of sp³-hybridized carbons (Fsp3) is 0. The average Bonchev–Trinajstić information content (AvgIpc) is 2.96. The number of aromatic nitrogens is 1. The molecule has 0 saturated carbocycles. The first-order chi connectivity index (χ1) is 10.2. The standard InChI is InChI=1S/C16H9BrClNOS/c17-11-5-3-4-10(8-11)14-16(21-9-19-14)15(20)12-6-1-2-7-13(12)18/h1-9H. The van der Waals surface area contributed by atoms with Gasteiger partial charge in [-0.1, -0.05) is 51.8 Å². The number of nitrogens with zero attached hydrogens (tertiary/aromatic N) is 1. The van der Waals surface area contributed by atoms with Crippen LogP contribution in [-0.4, -0.2) is 10.8 Å². The Kier molecular flexibility index (Phi) is 4.19. The van der Waals surface area contributed by atoms with Crippen molar-refractivity contribution in [2.75, 3.05) is 0 Å². The Hall–Kier alpha value is -1.49. The van der Waals surface area contributed by atoms with Gasteiger partial charge in [0.05, 0.1) is 16.2 Å². The lowest BCUT2D eigenvalue weighted by Crippen LogP contribution is -2.01. The van der Waals surface area contributed by atoms with E-state index in [1.807, 2.05) is 24.3 Å². The highest BCUT2D eigenvalue weighted by Gasteiger charge is 2.19. The second-order valence-electron chi connectivity index (χ2n) is 4.35. The molecule has 1 heterocycles. The van der Waals surface area contributed by atoms with Crippen molar-refractivity contribution in [3.8, 4) is 11.3 Å². The normalized spacial score (nSPS) is 10.6. The van der Waals surface area contributed by atoms with E-state index in [0.29, 0.717) is 21.2 Å². The first kappa shape index (κ1) is 14.4. The smallest absolute Gasteiger partial charge is 0.206 e. The van der Waals surface area contributed by atoms with E-state index in [-0.39, 0.29) is 5.78 Å². The fourth-order valence-electron chi connectivity index (χ4n) is 2.02. The molecule has 0 aliphatic heterocycles. The molecule has 0 fully saturated rings. The molecule has 104 valence electrons. The highest BCUT2D eigenvalue weighted by atomic mass is 79.9. The number of ketones is 1. The van der Waals surface area contributed by atoms with Gasteiger partial charge in [0, 0.05) is 15.6 Å². The van der Waals surface area contributed by atoms with Crippen LogP contribution in [0.15, 0.2) is 58.5 Å². The lowest BCUT2D eigenvalue weighted by molar-refractivity contribution is 0.104. The van der Waals surface area contributed by atoms with E-state index in [1.165, 1.54) is 11.3 Å². The van der Waals surface area contributed by atoms with Gasteiger partial charge in [-0.25, -0.2) is 4.98 Å². The summed E-state index contributed by atoms with van der Waals surface area (Å²) in [5, 5.41) is 0.455. The maximum Gasteiger partial charge on any atom is 0.206 e. The Bertz CT molecular complexity index is 815. The van der Waals surface area contributed by atoms with Gasteiger partial charge in [0.15, 0.2) is 0 Å². The minimum atomic E-state index is -0.0990. The van der Waals surface area contributed by atoms with Crippen LogP contribution >= 0.6 is 38.9 Å². The molecule has 0 amide bonds. The quantitative estimate of drug-likeness (QED) is 0.567. The monoisotopic (exact) mass is 377 g/mol. The van der Waals surface area contributed by atoms with E-state index in [2.05, 4.69) is 20.9 Å². The van der Waals surface area contributed by atoms with Gasteiger partial charge in [-0.3, -0.25) is 4.79 Å². The summed E-state index contributed by atoms with van der Waals surface area (Å²) in [6.07, 6.45) is 0. The Balaban J connectivity index is 2.08. The van der Waals surface area contributed by atoms with E-state index in [4.69, 9.17) is 11.6 Å². The number of thiazole rings is 1. The number of benzene rings is 2. The molecule has 2 nitrogen and oxygen atoms in total. The van der Waals surface area contributed by atoms with E-state index in [9.17, 15) is 4.79 Å². The molecule has 3 aromatic rings. The van der Waals surface area contributed by atoms with Gasteiger partial charge in [-0.05, 0) is 24.3 Å². The topological polar surface area (TPSA) is 30.0 Å². The maximum atomic E-state index is 12.7. The van der Waals surface area contributed by atoms with Gasteiger partial charge in [0.25, 0.3) is 0 Å². The van der Waals surface area contributed by atoms with Gasteiger partial charge in [0.2, 0.25) is 5.78 Å². The van der Waals surface area contributed by atoms with Crippen LogP contribution in [0.3, 0.4) is 0 Å². The van der Waals surface area contributed by atoms with E-state index >= 15 is 0 Å². The molecule has 0 unspecified atom stereocenters. The molecule has 21 heavy (non-hydrogen) atoms. The molecular formula is C16H9BrClNOS. The fourth-order valence-corrected chi connectivity index (χ4v) is 3.40. The Morgan fingerprint density at radius 2 is 1.95 bits per heavy atom. The Morgan fingerprint density at radius 3 is 2.71 bits per heavy atom. The maximum absolute atomic E-state index is 12.7. The van der Waals surface area contributed by atoms with Gasteiger partial charge < -0.3 is 0 Å². The molecule has 0 spiro atoms. The first-order valence-corrected chi connectivity index (χ1v) is 8.20. The Morgan fingerprint density at radius 1 is 1.14 bits per heavy atom. The molecular weight excluding hydrogens is 370 g/mol. The van der Waals surface area contributed by atoms with Crippen molar-refractivity contribution in [3.05, 3.63) is 74.0 Å². The van der Waals surface area contributed by atoms with E-state index in [1.54, 1.807) is 29.8 Å². The summed E-state index contributed by atoms with van der Waals surface area (Å²) in [5.41, 5.74) is 3.77. The minimum absolute atomic E-state index is 0.0990. The van der Waals surface area contributed by atoms with Crippen LogP contribution in [0.1, 0.15) is 15.2 Å². The van der Waals surface area contributed by atoms with Gasteiger partial charge >= 0.3 is 0 Å². The molecule has 0 atom stereocenters. The van der Waals surface area contributed by atoms with Crippen LogP contribution < -0.4 is 0 Å². The largest absolute Gasteiger partial charge is 0.288 e. The van der Waals surface area contributed by atoms with Crippen molar-refractivity contribution >= 4 is 44.7 Å². The molecule has 3 rings (SSSR count). The summed E-state index contributed by atoms with van der Waals surface area (Å²) >= 11 is 10.9. The molecule has 2 aromatic carbocycles. The summed E-state index contributed by atoms with van der Waals surface area (Å²) in [6, 6.07) is 14.8. The number of hydrogen-bond acceptors (Lipinski definition) is 3. The predicted molar refractivity (Wildman–Crippen MR) is 90.1 cm³/mol. The third-order valence-electron chi connectivity index (χ3n) is 2.99. The SMILES string of the molecule is O=C(c1ccccc1Cl)c1scnc1-c1cccc(Br)c1. The molecule has 0 aliphatic carbocycles. The van der Waals surface area contributed by atoms with Crippen molar-refractivity contribution in [1.82, 2.24) is 4.98 Å². The van der Waals surface area contributed by atoms with Crippen molar-refractivity contribution in [2.24, 2.45) is 0 Å². The van der Waals surface area contributed by atoms with Crippen LogP contribution in [0.4, 0.5) is 0 Å². The summed E-state index contributed by atoms with van der Waals surface area (Å²) in [5.74, 6) is -0.0990. The van der Waals surface area contributed by atoms with Crippen LogP contribution in [-0.2, 0) is 0 Å². The summed E-state index contributed by atoms with van der Waals surface area (Å²) in [4.78, 5) is 17.6. The second-order valence-corrected chi connectivity index (χ2v) is 6.53. The number of halogens is 2. The average molecular weight is 379 g/mol. The van der Waals surface area contributed by atoms with Crippen molar-refractivity contribution in [3.63, 3.8) is 0 Å². The second kappa shape index (κ2) is 6.10. The highest BCUT2D eigenvalue weighted by Crippen LogP contribution is 2.30. The molecule has 0 N–H and O–H groups in total. The van der Waals surface area contributed by atoms with E-state index < -0.39 is 0 Å². The zero-order valence-electron chi connectivity index (χ0n) is 10.7. The summed E-state index contributed by atoms with van der Waals surface area (Å²) in [6.45, 7) is 0. The third-order valence-corrected chi connectivity index (χ3v) is 4.64. The summed E-state index contributed by atoms with van der Waals surface area (Å²) in [7, 11) is 0. The minimum Gasteiger partial charge on any atom is -0.288 e. The van der Waals surface area contributed by atoms with Crippen molar-refractivity contribution < 1.29 is 4.79 Å². The Labute approximate surface area is 139 Å². The van der Waals surface area contributed by atoms with E-state index in [0.717, 1.165) is 10.0 Å². The van der Waals surface area contributed by atoms with Crippen molar-refractivity contribution in [2.45, 2.75) is 0 Å². The number of carbonyl (C=O) groups excluding carboxylic acids is 1. The molecule has 0 bridgehead atoms. The zero-order chi connectivity index (χ0) is 14.8. The van der Waals surface area contributed by atoms with Crippen LogP contribution in [0.25, 0.3) is 11.3 Å². The van der Waals surface area contributed by atoms with Gasteiger partial charge in [0.1, 0.15) is 4.88 Å². The molecule has 5 heteroatoms. The third kappa shape index (κ3) is 2.93. The first-order valence-electron chi connectivity index (χ1n) is 6.15. The highest BCUT2D eigenvalue weighted by molar-refractivity contribution is 9.10. The number of rotatable bonds is 3. The van der Waals surface area contributed by atoms with Crippen LogP contribution in [0, 0.1) is 0 Å². The lowest BCUT2D eigenvalue weighted by atomic mass is 10.1. The number of hydrogen-bond donors (Lipinski definition) is 0. The molecule has 1 aromatic heterocycles. The predicted octanol–water partition coefficient (Wildman–Crippen LogP) is 5.46. The summed E-state index contributed by atoms with van der Waals surface area (Å²) < 4.78 is 0.948. The zero-order valence-corrected chi connectivity index (χ0v) is 13.9. The molecule has 0 saturated heterocycles. The van der Waals surface area contributed by atoms with Crippen LogP contribution in [0.5, 0.6) is 0 Å². The lowest BCUT2D eigenvalue weighted by Gasteiger charge is -2.04. The van der Waals surface area contributed by atoms with Gasteiger partial charge in [-0.15, -0.1) is 11.3 Å². The molecule has 0 radical (unpaired) electrons.